The number of rotatable bonds is 6. The molecule has 1 amide bonds. The van der Waals surface area contributed by atoms with Crippen LogP contribution in [0.25, 0.3) is 0 Å². The lowest BCUT2D eigenvalue weighted by Crippen LogP contribution is -2.19. The molecule has 2 N–H and O–H groups in total. The molecular weight excluding hydrogens is 224 g/mol. The van der Waals surface area contributed by atoms with Crippen LogP contribution in [0.2, 0.25) is 0 Å². The van der Waals surface area contributed by atoms with Crippen LogP contribution in [0.15, 0.2) is 24.3 Å². The Balaban J connectivity index is 2.70. The highest BCUT2D eigenvalue weighted by Gasteiger charge is 2.08. The zero-order valence-electron chi connectivity index (χ0n) is 11.8. The van der Waals surface area contributed by atoms with Crippen molar-refractivity contribution in [1.82, 2.24) is 0 Å². The first-order valence-electron chi connectivity index (χ1n) is 6.74. The van der Waals surface area contributed by atoms with Crippen molar-refractivity contribution in [2.24, 2.45) is 5.92 Å². The highest BCUT2D eigenvalue weighted by molar-refractivity contribution is 5.92. The van der Waals surface area contributed by atoms with Gasteiger partial charge in [0.2, 0.25) is 5.91 Å². The van der Waals surface area contributed by atoms with Crippen LogP contribution in [0.1, 0.15) is 40.5 Å². The molecule has 0 aliphatic rings. The number of nitrogens with one attached hydrogen (secondary N) is 2. The molecule has 0 spiro atoms. The predicted molar refractivity (Wildman–Crippen MR) is 77.9 cm³/mol. The molecule has 3 nitrogen and oxygen atoms in total. The molecule has 0 atom stereocenters. The van der Waals surface area contributed by atoms with E-state index in [0.29, 0.717) is 6.04 Å². The van der Waals surface area contributed by atoms with Crippen LogP contribution in [-0.2, 0) is 4.79 Å². The molecule has 0 saturated heterocycles. The van der Waals surface area contributed by atoms with Gasteiger partial charge < -0.3 is 10.6 Å². The fourth-order valence-electron chi connectivity index (χ4n) is 1.70. The molecule has 0 aromatic heterocycles. The van der Waals surface area contributed by atoms with Gasteiger partial charge in [-0.3, -0.25) is 4.79 Å². The lowest BCUT2D eigenvalue weighted by molar-refractivity contribution is -0.118. The van der Waals surface area contributed by atoms with Gasteiger partial charge >= 0.3 is 0 Å². The molecular formula is C15H24N2O. The molecule has 1 aromatic carbocycles. The van der Waals surface area contributed by atoms with Gasteiger partial charge in [-0.1, -0.05) is 33.8 Å². The molecule has 0 fully saturated rings. The molecule has 0 heterocycles. The molecule has 0 bridgehead atoms. The Morgan fingerprint density at radius 2 is 1.78 bits per heavy atom. The summed E-state index contributed by atoms with van der Waals surface area (Å²) in [4.78, 5) is 11.6. The molecule has 0 saturated carbocycles. The predicted octanol–water partition coefficient (Wildman–Crippen LogP) is 3.88. The van der Waals surface area contributed by atoms with Crippen molar-refractivity contribution in [2.45, 2.75) is 46.6 Å². The molecule has 3 heteroatoms. The summed E-state index contributed by atoms with van der Waals surface area (Å²) in [5, 5.41) is 6.38. The highest BCUT2D eigenvalue weighted by Crippen LogP contribution is 2.18. The van der Waals surface area contributed by atoms with Gasteiger partial charge in [-0.05, 0) is 31.0 Å². The summed E-state index contributed by atoms with van der Waals surface area (Å²) < 4.78 is 0. The normalized spacial score (nSPS) is 10.8. The van der Waals surface area contributed by atoms with Crippen LogP contribution < -0.4 is 10.6 Å². The van der Waals surface area contributed by atoms with E-state index < -0.39 is 0 Å². The van der Waals surface area contributed by atoms with E-state index in [-0.39, 0.29) is 11.8 Å². The molecule has 0 radical (unpaired) electrons. The van der Waals surface area contributed by atoms with Gasteiger partial charge in [0.25, 0.3) is 0 Å². The van der Waals surface area contributed by atoms with Crippen molar-refractivity contribution in [3.63, 3.8) is 0 Å². The minimum Gasteiger partial charge on any atom is -0.382 e. The van der Waals surface area contributed by atoms with E-state index in [1.807, 2.05) is 38.1 Å². The molecule has 100 valence electrons. The second-order valence-corrected chi connectivity index (χ2v) is 4.88. The summed E-state index contributed by atoms with van der Waals surface area (Å²) in [5.41, 5.74) is 1.91. The number of carbonyl (C=O) groups excluding carboxylic acids is 1. The van der Waals surface area contributed by atoms with Crippen LogP contribution in [0, 0.1) is 5.92 Å². The largest absolute Gasteiger partial charge is 0.382 e. The topological polar surface area (TPSA) is 41.1 Å². The van der Waals surface area contributed by atoms with E-state index in [2.05, 4.69) is 24.5 Å². The second-order valence-electron chi connectivity index (χ2n) is 4.88. The third-order valence-corrected chi connectivity index (χ3v) is 3.01. The minimum absolute atomic E-state index is 0.000599. The Labute approximate surface area is 110 Å². The first kappa shape index (κ1) is 14.6. The minimum atomic E-state index is 0.000599. The SMILES string of the molecule is CCC(CC)Nc1cccc(NC(=O)C(C)C)c1. The number of benzene rings is 1. The number of amides is 1. The Hall–Kier alpha value is -1.51. The molecule has 1 rings (SSSR count). The van der Waals surface area contributed by atoms with Crippen molar-refractivity contribution < 1.29 is 4.79 Å². The zero-order chi connectivity index (χ0) is 13.5. The molecule has 0 aliphatic heterocycles. The van der Waals surface area contributed by atoms with Crippen LogP contribution in [0.3, 0.4) is 0 Å². The summed E-state index contributed by atoms with van der Waals surface area (Å²) in [7, 11) is 0. The van der Waals surface area contributed by atoms with E-state index in [4.69, 9.17) is 0 Å². The Bertz CT molecular complexity index is 384. The summed E-state index contributed by atoms with van der Waals surface area (Å²) in [6.45, 7) is 8.13. The fraction of sp³-hybridized carbons (Fsp3) is 0.533. The first-order valence-corrected chi connectivity index (χ1v) is 6.74. The van der Waals surface area contributed by atoms with E-state index >= 15 is 0 Å². The molecule has 0 aliphatic carbocycles. The zero-order valence-corrected chi connectivity index (χ0v) is 11.8. The summed E-state index contributed by atoms with van der Waals surface area (Å²) in [6.07, 6.45) is 2.19. The van der Waals surface area contributed by atoms with Gasteiger partial charge in [0.1, 0.15) is 0 Å². The van der Waals surface area contributed by atoms with Crippen molar-refractivity contribution in [1.29, 1.82) is 0 Å². The Morgan fingerprint density at radius 1 is 1.17 bits per heavy atom. The van der Waals surface area contributed by atoms with E-state index in [1.165, 1.54) is 0 Å². The average Bonchev–Trinajstić information content (AvgIpc) is 2.36. The van der Waals surface area contributed by atoms with Gasteiger partial charge in [0.05, 0.1) is 0 Å². The molecule has 18 heavy (non-hydrogen) atoms. The smallest absolute Gasteiger partial charge is 0.226 e. The summed E-state index contributed by atoms with van der Waals surface area (Å²) in [6, 6.07) is 8.38. The van der Waals surface area contributed by atoms with Crippen LogP contribution in [0.5, 0.6) is 0 Å². The van der Waals surface area contributed by atoms with Gasteiger partial charge in [-0.2, -0.15) is 0 Å². The third kappa shape index (κ3) is 4.40. The van der Waals surface area contributed by atoms with Crippen molar-refractivity contribution in [2.75, 3.05) is 10.6 Å². The number of hydrogen-bond acceptors (Lipinski definition) is 2. The van der Waals surface area contributed by atoms with E-state index in [1.54, 1.807) is 0 Å². The van der Waals surface area contributed by atoms with Crippen molar-refractivity contribution >= 4 is 17.3 Å². The average molecular weight is 248 g/mol. The van der Waals surface area contributed by atoms with Gasteiger partial charge in [-0.25, -0.2) is 0 Å². The Kier molecular flexibility index (Phi) is 5.69. The van der Waals surface area contributed by atoms with Gasteiger partial charge in [0.15, 0.2) is 0 Å². The monoisotopic (exact) mass is 248 g/mol. The maximum Gasteiger partial charge on any atom is 0.226 e. The highest BCUT2D eigenvalue weighted by atomic mass is 16.1. The number of carbonyl (C=O) groups is 1. The van der Waals surface area contributed by atoms with Crippen LogP contribution >= 0.6 is 0 Å². The standard InChI is InChI=1S/C15H24N2O/c1-5-12(6-2)16-13-8-7-9-14(10-13)17-15(18)11(3)4/h7-12,16H,5-6H2,1-4H3,(H,17,18). The van der Waals surface area contributed by atoms with E-state index in [9.17, 15) is 4.79 Å². The Morgan fingerprint density at radius 3 is 2.33 bits per heavy atom. The van der Waals surface area contributed by atoms with Gasteiger partial charge in [0, 0.05) is 23.3 Å². The fourth-order valence-corrected chi connectivity index (χ4v) is 1.70. The van der Waals surface area contributed by atoms with Crippen LogP contribution in [0.4, 0.5) is 11.4 Å². The van der Waals surface area contributed by atoms with Gasteiger partial charge in [-0.15, -0.1) is 0 Å². The quantitative estimate of drug-likeness (QED) is 0.802. The molecule has 1 aromatic rings. The number of anilines is 2. The maximum atomic E-state index is 11.6. The van der Waals surface area contributed by atoms with Crippen LogP contribution in [-0.4, -0.2) is 11.9 Å². The summed E-state index contributed by atoms with van der Waals surface area (Å²) >= 11 is 0. The number of hydrogen-bond donors (Lipinski definition) is 2. The first-order chi connectivity index (χ1) is 8.56. The van der Waals surface area contributed by atoms with E-state index in [0.717, 1.165) is 24.2 Å². The maximum absolute atomic E-state index is 11.6. The summed E-state index contributed by atoms with van der Waals surface area (Å²) in [5.74, 6) is 0.0512. The lowest BCUT2D eigenvalue weighted by Gasteiger charge is -2.17. The van der Waals surface area contributed by atoms with Crippen molar-refractivity contribution in [3.05, 3.63) is 24.3 Å². The third-order valence-electron chi connectivity index (χ3n) is 3.01. The second kappa shape index (κ2) is 7.04. The lowest BCUT2D eigenvalue weighted by atomic mass is 10.1. The molecule has 0 unspecified atom stereocenters. The van der Waals surface area contributed by atoms with Crippen molar-refractivity contribution in [3.8, 4) is 0 Å².